The summed E-state index contributed by atoms with van der Waals surface area (Å²) in [6.07, 6.45) is 7.55. The van der Waals surface area contributed by atoms with Gasteiger partial charge in [0.25, 0.3) is 0 Å². The summed E-state index contributed by atoms with van der Waals surface area (Å²) in [7, 11) is 0. The van der Waals surface area contributed by atoms with E-state index in [-0.39, 0.29) is 0 Å². The number of ether oxygens (including phenoxy) is 1. The van der Waals surface area contributed by atoms with Gasteiger partial charge >= 0.3 is 0 Å². The van der Waals surface area contributed by atoms with Crippen LogP contribution in [0.1, 0.15) is 19.3 Å². The molecule has 0 unspecified atom stereocenters. The Bertz CT molecular complexity index is 520. The predicted molar refractivity (Wildman–Crippen MR) is 64.4 cm³/mol. The summed E-state index contributed by atoms with van der Waals surface area (Å²) in [6.45, 7) is 0. The molecule has 16 heavy (non-hydrogen) atoms. The van der Waals surface area contributed by atoms with Crippen LogP contribution in [0.15, 0.2) is 30.6 Å². The van der Waals surface area contributed by atoms with E-state index in [0.29, 0.717) is 6.10 Å². The third-order valence-corrected chi connectivity index (χ3v) is 3.16. The van der Waals surface area contributed by atoms with Crippen LogP contribution in [0, 0.1) is 0 Å². The molecule has 1 aromatic carbocycles. The van der Waals surface area contributed by atoms with Gasteiger partial charge in [0.1, 0.15) is 5.75 Å². The number of nitrogens with two attached hydrogens (primary N) is 1. The fourth-order valence-electron chi connectivity index (χ4n) is 1.96. The lowest BCUT2D eigenvalue weighted by Crippen LogP contribution is -2.24. The Morgan fingerprint density at radius 3 is 2.81 bits per heavy atom. The van der Waals surface area contributed by atoms with Crippen LogP contribution in [0.4, 0.5) is 5.69 Å². The van der Waals surface area contributed by atoms with Crippen LogP contribution in [-0.2, 0) is 0 Å². The molecule has 0 amide bonds. The molecule has 0 radical (unpaired) electrons. The van der Waals surface area contributed by atoms with E-state index in [2.05, 4.69) is 4.98 Å². The zero-order chi connectivity index (χ0) is 11.0. The van der Waals surface area contributed by atoms with Crippen molar-refractivity contribution in [2.24, 2.45) is 0 Å². The Labute approximate surface area is 94.2 Å². The predicted octanol–water partition coefficient (Wildman–Crippen LogP) is 2.75. The van der Waals surface area contributed by atoms with E-state index in [1.54, 1.807) is 6.20 Å². The van der Waals surface area contributed by atoms with Crippen molar-refractivity contribution in [1.29, 1.82) is 0 Å². The van der Waals surface area contributed by atoms with E-state index in [1.807, 2.05) is 24.4 Å². The molecule has 82 valence electrons. The monoisotopic (exact) mass is 214 g/mol. The maximum atomic E-state index is 5.92. The molecule has 0 bridgehead atoms. The fourth-order valence-corrected chi connectivity index (χ4v) is 1.96. The minimum absolute atomic E-state index is 0.382. The van der Waals surface area contributed by atoms with Crippen LogP contribution in [0.2, 0.25) is 0 Å². The van der Waals surface area contributed by atoms with Gasteiger partial charge in [-0.05, 0) is 37.5 Å². The summed E-state index contributed by atoms with van der Waals surface area (Å²) >= 11 is 0. The molecule has 1 fully saturated rings. The first-order valence-corrected chi connectivity index (χ1v) is 5.63. The molecule has 0 saturated heterocycles. The van der Waals surface area contributed by atoms with Gasteiger partial charge < -0.3 is 10.5 Å². The van der Waals surface area contributed by atoms with Crippen LogP contribution < -0.4 is 10.5 Å². The number of hydrogen-bond acceptors (Lipinski definition) is 3. The lowest BCUT2D eigenvalue weighted by Gasteiger charge is -2.27. The van der Waals surface area contributed by atoms with E-state index in [1.165, 1.54) is 6.42 Å². The zero-order valence-corrected chi connectivity index (χ0v) is 9.02. The standard InChI is InChI=1S/C13H14N2O/c14-12-4-5-13(16-9-2-1-3-9)11-8-15-7-6-10(11)12/h4-9H,1-3,14H2. The fraction of sp³-hybridized carbons (Fsp3) is 0.308. The van der Waals surface area contributed by atoms with Crippen molar-refractivity contribution < 1.29 is 4.74 Å². The number of nitrogen functional groups attached to an aromatic ring is 1. The largest absolute Gasteiger partial charge is 0.490 e. The quantitative estimate of drug-likeness (QED) is 0.782. The number of hydrogen-bond donors (Lipinski definition) is 1. The molecule has 3 rings (SSSR count). The normalized spacial score (nSPS) is 16.0. The Hall–Kier alpha value is -1.77. The van der Waals surface area contributed by atoms with E-state index >= 15 is 0 Å². The molecule has 1 aromatic heterocycles. The van der Waals surface area contributed by atoms with Crippen molar-refractivity contribution in [3.8, 4) is 5.75 Å². The second-order valence-electron chi connectivity index (χ2n) is 4.24. The third-order valence-electron chi connectivity index (χ3n) is 3.16. The van der Waals surface area contributed by atoms with Gasteiger partial charge in [-0.1, -0.05) is 0 Å². The molecular formula is C13H14N2O. The average molecular weight is 214 g/mol. The van der Waals surface area contributed by atoms with Crippen molar-refractivity contribution in [3.63, 3.8) is 0 Å². The van der Waals surface area contributed by atoms with Gasteiger partial charge in [0.15, 0.2) is 0 Å². The molecule has 1 heterocycles. The molecule has 2 aromatic rings. The summed E-state index contributed by atoms with van der Waals surface area (Å²) in [6, 6.07) is 5.77. The average Bonchev–Trinajstić information content (AvgIpc) is 2.26. The molecule has 3 nitrogen and oxygen atoms in total. The van der Waals surface area contributed by atoms with Crippen LogP contribution in [0.5, 0.6) is 5.75 Å². The summed E-state index contributed by atoms with van der Waals surface area (Å²) < 4.78 is 5.92. The molecule has 2 N–H and O–H groups in total. The number of nitrogens with zero attached hydrogens (tertiary/aromatic N) is 1. The number of anilines is 1. The lowest BCUT2D eigenvalue weighted by molar-refractivity contribution is 0.122. The summed E-state index contributed by atoms with van der Waals surface area (Å²) in [5.41, 5.74) is 6.70. The van der Waals surface area contributed by atoms with Gasteiger partial charge in [0, 0.05) is 28.9 Å². The smallest absolute Gasteiger partial charge is 0.129 e. The van der Waals surface area contributed by atoms with Crippen LogP contribution in [0.25, 0.3) is 10.8 Å². The highest BCUT2D eigenvalue weighted by Crippen LogP contribution is 2.32. The van der Waals surface area contributed by atoms with Crippen LogP contribution in [-0.4, -0.2) is 11.1 Å². The Kier molecular flexibility index (Phi) is 2.17. The molecular weight excluding hydrogens is 200 g/mol. The van der Waals surface area contributed by atoms with Crippen molar-refractivity contribution in [2.75, 3.05) is 5.73 Å². The van der Waals surface area contributed by atoms with E-state index in [4.69, 9.17) is 10.5 Å². The first-order chi connectivity index (χ1) is 7.84. The van der Waals surface area contributed by atoms with Crippen LogP contribution in [0.3, 0.4) is 0 Å². The molecule has 0 aliphatic heterocycles. The number of fused-ring (bicyclic) bond motifs is 1. The minimum Gasteiger partial charge on any atom is -0.490 e. The highest BCUT2D eigenvalue weighted by Gasteiger charge is 2.20. The van der Waals surface area contributed by atoms with Crippen LogP contribution >= 0.6 is 0 Å². The van der Waals surface area contributed by atoms with E-state index in [9.17, 15) is 0 Å². The molecule has 3 heteroatoms. The first kappa shape index (κ1) is 9.46. The molecule has 1 aliphatic carbocycles. The number of benzene rings is 1. The summed E-state index contributed by atoms with van der Waals surface area (Å²) in [5, 5.41) is 2.03. The SMILES string of the molecule is Nc1ccc(OC2CCC2)c2cnccc12. The van der Waals surface area contributed by atoms with Crippen molar-refractivity contribution >= 4 is 16.5 Å². The second-order valence-corrected chi connectivity index (χ2v) is 4.24. The molecule has 1 saturated carbocycles. The Morgan fingerprint density at radius 2 is 2.06 bits per heavy atom. The summed E-state index contributed by atoms with van der Waals surface area (Å²) in [4.78, 5) is 4.13. The number of aromatic nitrogens is 1. The van der Waals surface area contributed by atoms with Gasteiger partial charge in [-0.25, -0.2) is 0 Å². The van der Waals surface area contributed by atoms with Gasteiger partial charge in [0.2, 0.25) is 0 Å². The van der Waals surface area contributed by atoms with Gasteiger partial charge in [-0.3, -0.25) is 4.98 Å². The lowest BCUT2D eigenvalue weighted by atomic mass is 9.96. The summed E-state index contributed by atoms with van der Waals surface area (Å²) in [5.74, 6) is 0.905. The zero-order valence-electron chi connectivity index (χ0n) is 9.02. The van der Waals surface area contributed by atoms with Gasteiger partial charge in [-0.15, -0.1) is 0 Å². The van der Waals surface area contributed by atoms with Gasteiger partial charge in [0.05, 0.1) is 6.10 Å². The maximum absolute atomic E-state index is 5.92. The van der Waals surface area contributed by atoms with E-state index < -0.39 is 0 Å². The maximum Gasteiger partial charge on any atom is 0.129 e. The molecule has 0 spiro atoms. The van der Waals surface area contributed by atoms with E-state index in [0.717, 1.165) is 35.1 Å². The van der Waals surface area contributed by atoms with Crippen molar-refractivity contribution in [2.45, 2.75) is 25.4 Å². The highest BCUT2D eigenvalue weighted by atomic mass is 16.5. The minimum atomic E-state index is 0.382. The number of rotatable bonds is 2. The molecule has 0 atom stereocenters. The Morgan fingerprint density at radius 1 is 1.19 bits per heavy atom. The van der Waals surface area contributed by atoms with Crippen molar-refractivity contribution in [1.82, 2.24) is 4.98 Å². The molecule has 1 aliphatic rings. The Balaban J connectivity index is 2.06. The second kappa shape index (κ2) is 3.67. The third kappa shape index (κ3) is 1.48. The number of pyridine rings is 1. The first-order valence-electron chi connectivity index (χ1n) is 5.63. The highest BCUT2D eigenvalue weighted by molar-refractivity contribution is 5.96. The topological polar surface area (TPSA) is 48.1 Å². The van der Waals surface area contributed by atoms with Crippen molar-refractivity contribution in [3.05, 3.63) is 30.6 Å². The van der Waals surface area contributed by atoms with Gasteiger partial charge in [-0.2, -0.15) is 0 Å².